The summed E-state index contributed by atoms with van der Waals surface area (Å²) in [4.78, 5) is 14.5. The number of nitrogens with zero attached hydrogens (tertiary/aromatic N) is 1. The monoisotopic (exact) mass is 406 g/mol. The van der Waals surface area contributed by atoms with E-state index in [1.54, 1.807) is 0 Å². The number of benzene rings is 2. The molecule has 1 fully saturated rings. The zero-order chi connectivity index (χ0) is 19.2. The molecule has 1 heterocycles. The van der Waals surface area contributed by atoms with Crippen molar-refractivity contribution in [2.24, 2.45) is 0 Å². The van der Waals surface area contributed by atoms with Crippen molar-refractivity contribution in [3.63, 3.8) is 0 Å². The van der Waals surface area contributed by atoms with Gasteiger partial charge >= 0.3 is 0 Å². The summed E-state index contributed by atoms with van der Waals surface area (Å²) in [7, 11) is 0. The molecule has 0 bridgehead atoms. The Bertz CT molecular complexity index is 770. The van der Waals surface area contributed by atoms with Crippen LogP contribution in [0.1, 0.15) is 18.1 Å². The van der Waals surface area contributed by atoms with E-state index in [2.05, 4.69) is 17.1 Å². The van der Waals surface area contributed by atoms with E-state index in [1.807, 2.05) is 48.5 Å². The van der Waals surface area contributed by atoms with E-state index in [0.717, 1.165) is 24.2 Å². The first-order valence-corrected chi connectivity index (χ1v) is 9.87. The van der Waals surface area contributed by atoms with Crippen molar-refractivity contribution in [2.75, 3.05) is 19.7 Å². The molecule has 0 radical (unpaired) electrons. The second kappa shape index (κ2) is 9.56. The summed E-state index contributed by atoms with van der Waals surface area (Å²) in [6.07, 6.45) is 0.362. The summed E-state index contributed by atoms with van der Waals surface area (Å²) in [5, 5.41) is 4.12. The molecule has 4 nitrogen and oxygen atoms in total. The van der Waals surface area contributed by atoms with Crippen molar-refractivity contribution in [3.05, 3.63) is 69.7 Å². The lowest BCUT2D eigenvalue weighted by molar-refractivity contribution is -0.122. The van der Waals surface area contributed by atoms with Crippen LogP contribution in [0.2, 0.25) is 10.0 Å². The van der Waals surface area contributed by atoms with Crippen LogP contribution in [-0.4, -0.2) is 42.6 Å². The van der Waals surface area contributed by atoms with Crippen LogP contribution >= 0.6 is 23.2 Å². The molecular weight excluding hydrogens is 383 g/mol. The number of halogens is 2. The molecule has 0 unspecified atom stereocenters. The number of amides is 1. The van der Waals surface area contributed by atoms with Crippen LogP contribution in [0.3, 0.4) is 0 Å². The Morgan fingerprint density at radius 3 is 2.67 bits per heavy atom. The van der Waals surface area contributed by atoms with Crippen molar-refractivity contribution in [1.82, 2.24) is 10.2 Å². The Morgan fingerprint density at radius 2 is 1.93 bits per heavy atom. The van der Waals surface area contributed by atoms with E-state index in [0.29, 0.717) is 35.7 Å². The minimum absolute atomic E-state index is 0.0134. The first-order chi connectivity index (χ1) is 13.0. The molecule has 1 N–H and O–H groups in total. The van der Waals surface area contributed by atoms with Crippen LogP contribution < -0.4 is 5.32 Å². The number of nitrogens with one attached hydrogen (secondary N) is 1. The normalized spacial score (nSPS) is 20.4. The molecule has 2 atom stereocenters. The van der Waals surface area contributed by atoms with Crippen molar-refractivity contribution >= 4 is 29.1 Å². The van der Waals surface area contributed by atoms with Gasteiger partial charge in [-0.2, -0.15) is 0 Å². The zero-order valence-corrected chi connectivity index (χ0v) is 16.8. The summed E-state index contributed by atoms with van der Waals surface area (Å²) in [5.74, 6) is 0.0134. The summed E-state index contributed by atoms with van der Waals surface area (Å²) in [6, 6.07) is 15.8. The third-order valence-corrected chi connectivity index (χ3v) is 5.48. The summed E-state index contributed by atoms with van der Waals surface area (Å²) < 4.78 is 5.90. The fraction of sp³-hybridized carbons (Fsp3) is 0.381. The zero-order valence-electron chi connectivity index (χ0n) is 15.3. The Morgan fingerprint density at radius 1 is 1.15 bits per heavy atom. The molecule has 2 aromatic rings. The number of hydrogen-bond acceptors (Lipinski definition) is 3. The van der Waals surface area contributed by atoms with E-state index >= 15 is 0 Å². The molecule has 1 aliphatic heterocycles. The number of hydrogen-bond donors (Lipinski definition) is 1. The van der Waals surface area contributed by atoms with E-state index in [1.165, 1.54) is 0 Å². The van der Waals surface area contributed by atoms with Gasteiger partial charge in [0.05, 0.1) is 29.2 Å². The number of carbonyl (C=O) groups excluding carboxylic acids is 1. The molecule has 144 valence electrons. The van der Waals surface area contributed by atoms with Crippen LogP contribution in [-0.2, 0) is 22.5 Å². The highest BCUT2D eigenvalue weighted by atomic mass is 35.5. The van der Waals surface area contributed by atoms with Crippen LogP contribution in [0.4, 0.5) is 0 Å². The second-order valence-electron chi connectivity index (χ2n) is 6.95. The van der Waals surface area contributed by atoms with Crippen molar-refractivity contribution in [2.45, 2.75) is 32.0 Å². The average Bonchev–Trinajstić information content (AvgIpc) is 2.66. The number of morpholine rings is 1. The Balaban J connectivity index is 1.50. The highest BCUT2D eigenvalue weighted by Crippen LogP contribution is 2.24. The molecule has 27 heavy (non-hydrogen) atoms. The molecule has 0 aliphatic carbocycles. The molecule has 6 heteroatoms. The van der Waals surface area contributed by atoms with Crippen molar-refractivity contribution in [1.29, 1.82) is 0 Å². The van der Waals surface area contributed by atoms with Gasteiger partial charge in [0.1, 0.15) is 0 Å². The van der Waals surface area contributed by atoms with Gasteiger partial charge in [0.25, 0.3) is 0 Å². The third kappa shape index (κ3) is 5.94. The largest absolute Gasteiger partial charge is 0.373 e. The number of ether oxygens (including phenoxy) is 1. The van der Waals surface area contributed by atoms with Crippen molar-refractivity contribution in [3.8, 4) is 0 Å². The third-order valence-electron chi connectivity index (χ3n) is 4.74. The van der Waals surface area contributed by atoms with E-state index < -0.39 is 0 Å². The highest BCUT2D eigenvalue weighted by molar-refractivity contribution is 6.42. The predicted molar refractivity (Wildman–Crippen MR) is 109 cm³/mol. The van der Waals surface area contributed by atoms with Crippen LogP contribution in [0, 0.1) is 0 Å². The van der Waals surface area contributed by atoms with Gasteiger partial charge in [0, 0.05) is 25.7 Å². The van der Waals surface area contributed by atoms with Gasteiger partial charge in [-0.15, -0.1) is 0 Å². The molecule has 1 aliphatic rings. The maximum absolute atomic E-state index is 12.2. The van der Waals surface area contributed by atoms with Gasteiger partial charge in [0.2, 0.25) is 5.91 Å². The smallest absolute Gasteiger partial charge is 0.224 e. The standard InChI is InChI=1S/C21H24Cl2N2O2/c1-15-14-27-18(11-24-21(26)10-16-5-3-2-4-6-16)13-25(15)12-17-7-8-19(22)20(23)9-17/h2-9,15,18H,10-14H2,1H3,(H,24,26)/t15-,18-/m0/s1. The first kappa shape index (κ1) is 20.2. The Hall–Kier alpha value is -1.59. The average molecular weight is 407 g/mol. The lowest BCUT2D eigenvalue weighted by Crippen LogP contribution is -2.51. The van der Waals surface area contributed by atoms with Gasteiger partial charge < -0.3 is 10.1 Å². The van der Waals surface area contributed by atoms with Gasteiger partial charge in [-0.1, -0.05) is 59.6 Å². The molecule has 1 saturated heterocycles. The molecule has 0 aromatic heterocycles. The highest BCUT2D eigenvalue weighted by Gasteiger charge is 2.26. The molecule has 1 amide bonds. The van der Waals surface area contributed by atoms with E-state index in [4.69, 9.17) is 27.9 Å². The maximum atomic E-state index is 12.2. The minimum atomic E-state index is -0.0244. The van der Waals surface area contributed by atoms with Crippen molar-refractivity contribution < 1.29 is 9.53 Å². The molecule has 0 saturated carbocycles. The fourth-order valence-corrected chi connectivity index (χ4v) is 3.48. The lowest BCUT2D eigenvalue weighted by Gasteiger charge is -2.38. The second-order valence-corrected chi connectivity index (χ2v) is 7.76. The van der Waals surface area contributed by atoms with E-state index in [-0.39, 0.29) is 12.0 Å². The van der Waals surface area contributed by atoms with Crippen LogP contribution in [0.15, 0.2) is 48.5 Å². The maximum Gasteiger partial charge on any atom is 0.224 e. The van der Waals surface area contributed by atoms with Gasteiger partial charge in [-0.25, -0.2) is 0 Å². The fourth-order valence-electron chi connectivity index (χ4n) is 3.16. The number of rotatable bonds is 6. The van der Waals surface area contributed by atoms with Crippen LogP contribution in [0.25, 0.3) is 0 Å². The Kier molecular flexibility index (Phi) is 7.13. The summed E-state index contributed by atoms with van der Waals surface area (Å²) in [5.41, 5.74) is 2.12. The molecular formula is C21H24Cl2N2O2. The minimum Gasteiger partial charge on any atom is -0.373 e. The first-order valence-electron chi connectivity index (χ1n) is 9.11. The molecule has 0 spiro atoms. The van der Waals surface area contributed by atoms with Gasteiger partial charge in [0.15, 0.2) is 0 Å². The quantitative estimate of drug-likeness (QED) is 0.789. The van der Waals surface area contributed by atoms with E-state index in [9.17, 15) is 4.79 Å². The van der Waals surface area contributed by atoms with Crippen LogP contribution in [0.5, 0.6) is 0 Å². The molecule has 2 aromatic carbocycles. The lowest BCUT2D eigenvalue weighted by atomic mass is 10.1. The SMILES string of the molecule is C[C@H]1CO[C@@H](CNC(=O)Cc2ccccc2)CN1Cc1ccc(Cl)c(Cl)c1. The van der Waals surface area contributed by atoms with Gasteiger partial charge in [-0.05, 0) is 30.2 Å². The summed E-state index contributed by atoms with van der Waals surface area (Å²) >= 11 is 12.1. The predicted octanol–water partition coefficient (Wildman–Crippen LogP) is 3.94. The number of carbonyl (C=O) groups is 1. The molecule has 3 rings (SSSR count). The Labute approximate surface area is 170 Å². The van der Waals surface area contributed by atoms with Gasteiger partial charge in [-0.3, -0.25) is 9.69 Å². The topological polar surface area (TPSA) is 41.6 Å². The summed E-state index contributed by atoms with van der Waals surface area (Å²) in [6.45, 7) is 4.82.